The molecule has 0 saturated carbocycles. The van der Waals surface area contributed by atoms with Crippen molar-refractivity contribution < 1.29 is 21.9 Å². The van der Waals surface area contributed by atoms with Crippen LogP contribution in [0.15, 0.2) is 41.3 Å². The molecule has 20 heavy (non-hydrogen) atoms. The van der Waals surface area contributed by atoms with Gasteiger partial charge < -0.3 is 4.74 Å². The molecule has 0 aliphatic carbocycles. The molecule has 0 aromatic heterocycles. The van der Waals surface area contributed by atoms with Crippen molar-refractivity contribution in [1.82, 2.24) is 0 Å². The van der Waals surface area contributed by atoms with Crippen LogP contribution in [-0.4, -0.2) is 8.42 Å². The number of rotatable bonds is 3. The van der Waals surface area contributed by atoms with Crippen LogP contribution in [0.2, 0.25) is 5.02 Å². The first kappa shape index (κ1) is 15.0. The summed E-state index contributed by atoms with van der Waals surface area (Å²) in [6.07, 6.45) is 0. The summed E-state index contributed by atoms with van der Waals surface area (Å²) in [7, 11) is 1.26. The van der Waals surface area contributed by atoms with Crippen molar-refractivity contribution in [3.8, 4) is 11.5 Å². The highest BCUT2D eigenvalue weighted by Crippen LogP contribution is 2.32. The van der Waals surface area contributed by atoms with E-state index in [2.05, 4.69) is 0 Å². The molecule has 0 amide bonds. The lowest BCUT2D eigenvalue weighted by molar-refractivity contribution is 0.461. The Labute approximate surface area is 123 Å². The molecule has 3 nitrogen and oxygen atoms in total. The van der Waals surface area contributed by atoms with E-state index in [-0.39, 0.29) is 21.4 Å². The zero-order valence-corrected chi connectivity index (χ0v) is 11.9. The predicted octanol–water partition coefficient (Wildman–Crippen LogP) is 4.34. The maximum atomic E-state index is 13.0. The zero-order chi connectivity index (χ0) is 14.9. The number of benzene rings is 2. The lowest BCUT2D eigenvalue weighted by atomic mass is 10.3. The summed E-state index contributed by atoms with van der Waals surface area (Å²) in [6.45, 7) is 0. The third-order valence-corrected chi connectivity index (χ3v) is 3.95. The van der Waals surface area contributed by atoms with Crippen LogP contribution in [0, 0.1) is 11.6 Å². The van der Waals surface area contributed by atoms with E-state index in [9.17, 15) is 17.2 Å². The molecule has 0 atom stereocenters. The van der Waals surface area contributed by atoms with Gasteiger partial charge in [-0.05, 0) is 30.3 Å². The van der Waals surface area contributed by atoms with E-state index >= 15 is 0 Å². The monoisotopic (exact) mass is 338 g/mol. The largest absolute Gasteiger partial charge is 0.456 e. The summed E-state index contributed by atoms with van der Waals surface area (Å²) in [5.74, 6) is -1.97. The van der Waals surface area contributed by atoms with E-state index in [1.807, 2.05) is 0 Å². The second-order valence-corrected chi connectivity index (χ2v) is 6.68. The summed E-state index contributed by atoms with van der Waals surface area (Å²) in [6, 6.07) is 6.50. The van der Waals surface area contributed by atoms with Crippen LogP contribution in [0.4, 0.5) is 8.78 Å². The zero-order valence-electron chi connectivity index (χ0n) is 9.61. The van der Waals surface area contributed by atoms with Crippen molar-refractivity contribution in [1.29, 1.82) is 0 Å². The topological polar surface area (TPSA) is 43.4 Å². The van der Waals surface area contributed by atoms with Gasteiger partial charge in [0.25, 0.3) is 9.05 Å². The molecular weight excluding hydrogens is 333 g/mol. The maximum absolute atomic E-state index is 13.0. The quantitative estimate of drug-likeness (QED) is 0.782. The highest BCUT2D eigenvalue weighted by molar-refractivity contribution is 8.13. The van der Waals surface area contributed by atoms with Crippen LogP contribution in [0.25, 0.3) is 0 Å². The van der Waals surface area contributed by atoms with E-state index in [0.29, 0.717) is 0 Å². The normalized spacial score (nSPS) is 11.4. The Hall–Kier alpha value is -1.37. The Kier molecular flexibility index (Phi) is 4.17. The minimum absolute atomic E-state index is 0.0206. The lowest BCUT2D eigenvalue weighted by Crippen LogP contribution is -1.93. The van der Waals surface area contributed by atoms with E-state index in [1.54, 1.807) is 0 Å². The summed E-state index contributed by atoms with van der Waals surface area (Å²) < 4.78 is 53.2. The van der Waals surface area contributed by atoms with Crippen molar-refractivity contribution in [2.24, 2.45) is 0 Å². The van der Waals surface area contributed by atoms with Gasteiger partial charge in [-0.15, -0.1) is 0 Å². The Morgan fingerprint density at radius 2 is 1.70 bits per heavy atom. The second-order valence-electron chi connectivity index (χ2n) is 3.71. The summed E-state index contributed by atoms with van der Waals surface area (Å²) in [5, 5.41) is -0.0311. The molecule has 0 aliphatic rings. The van der Waals surface area contributed by atoms with E-state index in [0.717, 1.165) is 18.2 Å². The Morgan fingerprint density at radius 1 is 1.00 bits per heavy atom. The highest BCUT2D eigenvalue weighted by atomic mass is 35.7. The molecule has 0 saturated heterocycles. The lowest BCUT2D eigenvalue weighted by Gasteiger charge is -2.08. The van der Waals surface area contributed by atoms with Crippen LogP contribution in [0.3, 0.4) is 0 Å². The van der Waals surface area contributed by atoms with Crippen molar-refractivity contribution >= 4 is 31.3 Å². The van der Waals surface area contributed by atoms with Crippen LogP contribution < -0.4 is 4.74 Å². The molecule has 2 aromatic carbocycles. The molecule has 8 heteroatoms. The van der Waals surface area contributed by atoms with Gasteiger partial charge in [-0.2, -0.15) is 0 Å². The highest BCUT2D eigenvalue weighted by Gasteiger charge is 2.13. The van der Waals surface area contributed by atoms with Crippen LogP contribution in [-0.2, 0) is 9.05 Å². The smallest absolute Gasteiger partial charge is 0.261 e. The van der Waals surface area contributed by atoms with Crippen molar-refractivity contribution in [2.75, 3.05) is 0 Å². The Bertz CT molecular complexity index is 763. The van der Waals surface area contributed by atoms with Crippen LogP contribution in [0.5, 0.6) is 11.5 Å². The fourth-order valence-corrected chi connectivity index (χ4v) is 2.44. The SMILES string of the molecule is O=S(=O)(Cl)c1ccc(Oc2ccc(F)c(F)c2)c(Cl)c1. The van der Waals surface area contributed by atoms with Crippen molar-refractivity contribution in [3.05, 3.63) is 53.1 Å². The molecule has 106 valence electrons. The standard InChI is InChI=1S/C12H6Cl2F2O3S/c13-9-6-8(20(14,17)18)2-4-12(9)19-7-1-3-10(15)11(16)5-7/h1-6H. The fraction of sp³-hybridized carbons (Fsp3) is 0. The van der Waals surface area contributed by atoms with Gasteiger partial charge >= 0.3 is 0 Å². The number of hydrogen-bond acceptors (Lipinski definition) is 3. The van der Waals surface area contributed by atoms with Gasteiger partial charge in [0.05, 0.1) is 9.92 Å². The minimum atomic E-state index is -3.90. The predicted molar refractivity (Wildman–Crippen MR) is 70.9 cm³/mol. The molecule has 2 rings (SSSR count). The molecule has 0 aliphatic heterocycles. The van der Waals surface area contributed by atoms with Crippen molar-refractivity contribution in [2.45, 2.75) is 4.90 Å². The van der Waals surface area contributed by atoms with Crippen LogP contribution >= 0.6 is 22.3 Å². The molecule has 0 spiro atoms. The fourth-order valence-electron chi connectivity index (χ4n) is 1.38. The third-order valence-electron chi connectivity index (χ3n) is 2.30. The average molecular weight is 339 g/mol. The van der Waals surface area contributed by atoms with E-state index in [1.165, 1.54) is 18.2 Å². The van der Waals surface area contributed by atoms with Gasteiger partial charge in [-0.1, -0.05) is 11.6 Å². The second kappa shape index (κ2) is 5.55. The molecule has 2 aromatic rings. The third kappa shape index (κ3) is 3.39. The van der Waals surface area contributed by atoms with Gasteiger partial charge in [-0.3, -0.25) is 0 Å². The van der Waals surface area contributed by atoms with Gasteiger partial charge in [0.15, 0.2) is 11.6 Å². The van der Waals surface area contributed by atoms with Gasteiger partial charge in [-0.25, -0.2) is 17.2 Å². The van der Waals surface area contributed by atoms with Gasteiger partial charge in [0.1, 0.15) is 11.5 Å². The summed E-state index contributed by atoms with van der Waals surface area (Å²) in [5.41, 5.74) is 0. The first-order valence-electron chi connectivity index (χ1n) is 5.14. The summed E-state index contributed by atoms with van der Waals surface area (Å²) >= 11 is 5.84. The summed E-state index contributed by atoms with van der Waals surface area (Å²) in [4.78, 5) is -0.193. The number of hydrogen-bond donors (Lipinski definition) is 0. The first-order chi connectivity index (χ1) is 9.27. The Morgan fingerprint density at radius 3 is 2.25 bits per heavy atom. The van der Waals surface area contributed by atoms with Crippen molar-refractivity contribution in [3.63, 3.8) is 0 Å². The molecule has 0 unspecified atom stereocenters. The minimum Gasteiger partial charge on any atom is -0.456 e. The number of halogens is 4. The van der Waals surface area contributed by atoms with E-state index in [4.69, 9.17) is 27.0 Å². The molecule has 0 radical (unpaired) electrons. The molecule has 0 bridgehead atoms. The Balaban J connectivity index is 2.32. The van der Waals surface area contributed by atoms with Gasteiger partial charge in [0, 0.05) is 16.7 Å². The average Bonchev–Trinajstić information content (AvgIpc) is 2.35. The molecule has 0 N–H and O–H groups in total. The maximum Gasteiger partial charge on any atom is 0.261 e. The first-order valence-corrected chi connectivity index (χ1v) is 7.83. The van der Waals surface area contributed by atoms with Gasteiger partial charge in [0.2, 0.25) is 0 Å². The van der Waals surface area contributed by atoms with E-state index < -0.39 is 20.7 Å². The molecule has 0 fully saturated rings. The van der Waals surface area contributed by atoms with Crippen LogP contribution in [0.1, 0.15) is 0 Å². The number of ether oxygens (including phenoxy) is 1. The molecule has 0 heterocycles. The molecular formula is C12H6Cl2F2O3S.